The fourth-order valence-electron chi connectivity index (χ4n) is 3.88. The number of carbonyl (C=O) groups is 3. The van der Waals surface area contributed by atoms with Gasteiger partial charge in [-0.3, -0.25) is 9.69 Å². The van der Waals surface area contributed by atoms with E-state index < -0.39 is 36.9 Å². The Hall–Kier alpha value is -1.62. The number of carbonyl (C=O) groups excluding carboxylic acids is 3. The van der Waals surface area contributed by atoms with E-state index in [1.165, 1.54) is 16.7 Å². The quantitative estimate of drug-likeness (QED) is 0.378. The second-order valence-electron chi connectivity index (χ2n) is 7.21. The smallest absolute Gasteiger partial charge is 0.358 e. The van der Waals surface area contributed by atoms with Crippen LogP contribution in [-0.4, -0.2) is 71.5 Å². The van der Waals surface area contributed by atoms with E-state index in [0.29, 0.717) is 24.5 Å². The number of thioether (sulfide) groups is 1. The van der Waals surface area contributed by atoms with Crippen LogP contribution < -0.4 is 0 Å². The summed E-state index contributed by atoms with van der Waals surface area (Å²) in [5, 5.41) is 9.53. The first-order chi connectivity index (χ1) is 13.5. The molecule has 0 saturated carbocycles. The zero-order valence-corrected chi connectivity index (χ0v) is 16.3. The topological polar surface area (TPSA) is 112 Å². The molecule has 0 aromatic carbocycles. The van der Waals surface area contributed by atoms with Crippen LogP contribution in [0.1, 0.15) is 32.6 Å². The molecule has 3 saturated heterocycles. The predicted molar refractivity (Wildman–Crippen MR) is 95.4 cm³/mol. The molecule has 9 nitrogen and oxygen atoms in total. The number of hydrogen-bond donors (Lipinski definition) is 1. The normalized spacial score (nSPS) is 32.9. The molecule has 5 atom stereocenters. The second kappa shape index (κ2) is 8.02. The first-order valence-electron chi connectivity index (χ1n) is 9.48. The van der Waals surface area contributed by atoms with Gasteiger partial charge >= 0.3 is 11.9 Å². The fraction of sp³-hybridized carbons (Fsp3) is 0.722. The Morgan fingerprint density at radius 1 is 1.25 bits per heavy atom. The van der Waals surface area contributed by atoms with E-state index in [1.54, 1.807) is 6.92 Å². The van der Waals surface area contributed by atoms with Crippen molar-refractivity contribution in [1.82, 2.24) is 4.90 Å². The van der Waals surface area contributed by atoms with Gasteiger partial charge in [-0.15, -0.1) is 0 Å². The molecule has 0 aliphatic carbocycles. The molecule has 0 radical (unpaired) electrons. The fourth-order valence-corrected chi connectivity index (χ4v) is 5.57. The van der Waals surface area contributed by atoms with Crippen LogP contribution in [-0.2, 0) is 33.3 Å². The standard InChI is InChI=1S/C18H23NO8S/c1-9(20)12-15(21)19-13(14(28-16(12)19)10-4-2-6-24-10)18(23)27-8-26-17(22)11-5-3-7-25-11/h9-12,16,20H,2-8H2,1H3/t9-,10-,11-,12+,16-/m1/s1. The van der Waals surface area contributed by atoms with Crippen molar-refractivity contribution >= 4 is 29.6 Å². The molecule has 4 rings (SSSR count). The third-order valence-electron chi connectivity index (χ3n) is 5.33. The average Bonchev–Trinajstić information content (AvgIpc) is 3.39. The Morgan fingerprint density at radius 3 is 2.64 bits per heavy atom. The largest absolute Gasteiger partial charge is 0.426 e. The van der Waals surface area contributed by atoms with Gasteiger partial charge in [0.15, 0.2) is 6.10 Å². The number of β-lactam (4-membered cyclic amide) rings is 1. The van der Waals surface area contributed by atoms with Crippen LogP contribution in [0.2, 0.25) is 0 Å². The van der Waals surface area contributed by atoms with E-state index in [9.17, 15) is 19.5 Å². The lowest BCUT2D eigenvalue weighted by Crippen LogP contribution is -2.60. The maximum atomic E-state index is 12.7. The maximum Gasteiger partial charge on any atom is 0.358 e. The molecular formula is C18H23NO8S. The number of fused-ring (bicyclic) bond motifs is 1. The summed E-state index contributed by atoms with van der Waals surface area (Å²) in [6, 6.07) is 0. The summed E-state index contributed by atoms with van der Waals surface area (Å²) in [5.41, 5.74) is 0.136. The Bertz CT molecular complexity index is 696. The molecule has 0 bridgehead atoms. The maximum absolute atomic E-state index is 12.7. The van der Waals surface area contributed by atoms with Gasteiger partial charge in [-0.25, -0.2) is 9.59 Å². The minimum Gasteiger partial charge on any atom is -0.426 e. The minimum absolute atomic E-state index is 0.136. The van der Waals surface area contributed by atoms with Gasteiger partial charge in [0, 0.05) is 18.1 Å². The van der Waals surface area contributed by atoms with Gasteiger partial charge < -0.3 is 24.1 Å². The molecule has 3 fully saturated rings. The molecule has 0 unspecified atom stereocenters. The average molecular weight is 413 g/mol. The van der Waals surface area contributed by atoms with Crippen LogP contribution >= 0.6 is 11.8 Å². The number of nitrogens with zero attached hydrogens (tertiary/aromatic N) is 1. The summed E-state index contributed by atoms with van der Waals surface area (Å²) in [7, 11) is 0. The number of aliphatic hydroxyl groups excluding tert-OH is 1. The van der Waals surface area contributed by atoms with E-state index in [0.717, 1.165) is 19.3 Å². The van der Waals surface area contributed by atoms with Crippen molar-refractivity contribution in [1.29, 1.82) is 0 Å². The minimum atomic E-state index is -0.810. The number of esters is 2. The van der Waals surface area contributed by atoms with E-state index in [-0.39, 0.29) is 23.1 Å². The van der Waals surface area contributed by atoms with Crippen molar-refractivity contribution in [3.63, 3.8) is 0 Å². The van der Waals surface area contributed by atoms with Crippen molar-refractivity contribution in [3.8, 4) is 0 Å². The summed E-state index contributed by atoms with van der Waals surface area (Å²) in [4.78, 5) is 39.0. The number of rotatable bonds is 6. The Kier molecular flexibility index (Phi) is 5.64. The summed E-state index contributed by atoms with van der Waals surface area (Å²) in [5.74, 6) is -2.18. The molecule has 0 spiro atoms. The van der Waals surface area contributed by atoms with Crippen molar-refractivity contribution < 1.29 is 38.4 Å². The number of aliphatic hydroxyl groups is 1. The van der Waals surface area contributed by atoms with Crippen molar-refractivity contribution in [3.05, 3.63) is 10.6 Å². The molecule has 4 aliphatic rings. The first-order valence-corrected chi connectivity index (χ1v) is 10.4. The van der Waals surface area contributed by atoms with Crippen LogP contribution in [0.25, 0.3) is 0 Å². The third-order valence-corrected chi connectivity index (χ3v) is 6.78. The summed E-state index contributed by atoms with van der Waals surface area (Å²) >= 11 is 1.37. The van der Waals surface area contributed by atoms with E-state index >= 15 is 0 Å². The molecule has 28 heavy (non-hydrogen) atoms. The Labute approximate surface area is 166 Å². The monoisotopic (exact) mass is 413 g/mol. The van der Waals surface area contributed by atoms with Crippen LogP contribution in [0.15, 0.2) is 10.6 Å². The van der Waals surface area contributed by atoms with Crippen LogP contribution in [0, 0.1) is 5.92 Å². The van der Waals surface area contributed by atoms with Gasteiger partial charge in [-0.1, -0.05) is 11.8 Å². The number of ether oxygens (including phenoxy) is 4. The molecular weight excluding hydrogens is 390 g/mol. The zero-order chi connectivity index (χ0) is 19.8. The molecule has 0 aromatic rings. The van der Waals surface area contributed by atoms with Crippen molar-refractivity contribution in [2.45, 2.75) is 56.3 Å². The van der Waals surface area contributed by atoms with Gasteiger partial charge in [-0.05, 0) is 32.6 Å². The molecule has 1 amide bonds. The van der Waals surface area contributed by atoms with Gasteiger partial charge in [0.1, 0.15) is 11.1 Å². The number of amides is 1. The first kappa shape index (κ1) is 19.7. The highest BCUT2D eigenvalue weighted by Crippen LogP contribution is 2.52. The predicted octanol–water partition coefficient (Wildman–Crippen LogP) is 0.512. The highest BCUT2D eigenvalue weighted by molar-refractivity contribution is 8.04. The van der Waals surface area contributed by atoms with Gasteiger partial charge in [0.25, 0.3) is 0 Å². The van der Waals surface area contributed by atoms with E-state index in [2.05, 4.69) is 0 Å². The highest BCUT2D eigenvalue weighted by Gasteiger charge is 2.59. The van der Waals surface area contributed by atoms with Crippen molar-refractivity contribution in [2.75, 3.05) is 20.0 Å². The molecule has 1 N–H and O–H groups in total. The summed E-state index contributed by atoms with van der Waals surface area (Å²) < 4.78 is 21.0. The third kappa shape index (κ3) is 3.42. The van der Waals surface area contributed by atoms with Gasteiger partial charge in [-0.2, -0.15) is 0 Å². The van der Waals surface area contributed by atoms with Crippen LogP contribution in [0.4, 0.5) is 0 Å². The lowest BCUT2D eigenvalue weighted by Gasteiger charge is -2.43. The van der Waals surface area contributed by atoms with Crippen LogP contribution in [0.3, 0.4) is 0 Å². The van der Waals surface area contributed by atoms with Gasteiger partial charge in [0.2, 0.25) is 12.7 Å². The van der Waals surface area contributed by atoms with Crippen LogP contribution in [0.5, 0.6) is 0 Å². The number of hydrogen-bond acceptors (Lipinski definition) is 9. The second-order valence-corrected chi connectivity index (χ2v) is 8.37. The molecule has 154 valence electrons. The summed E-state index contributed by atoms with van der Waals surface area (Å²) in [6.45, 7) is 2.12. The van der Waals surface area contributed by atoms with Crippen molar-refractivity contribution in [2.24, 2.45) is 5.92 Å². The molecule has 0 aromatic heterocycles. The summed E-state index contributed by atoms with van der Waals surface area (Å²) in [6.07, 6.45) is 1.30. The molecule has 4 heterocycles. The Balaban J connectivity index is 1.43. The molecule has 4 aliphatic heterocycles. The lowest BCUT2D eigenvalue weighted by atomic mass is 9.92. The Morgan fingerprint density at radius 2 is 2.00 bits per heavy atom. The zero-order valence-electron chi connectivity index (χ0n) is 15.5. The van der Waals surface area contributed by atoms with E-state index in [1.807, 2.05) is 0 Å². The van der Waals surface area contributed by atoms with E-state index in [4.69, 9.17) is 18.9 Å². The van der Waals surface area contributed by atoms with Gasteiger partial charge in [0.05, 0.1) is 18.1 Å². The molecule has 10 heteroatoms. The SMILES string of the molecule is C[C@@H](O)[C@H]1C(=O)N2C(C(=O)OCOC(=O)[C@H]3CCCO3)=C([C@H]3CCCO3)S[C@H]12. The lowest BCUT2D eigenvalue weighted by molar-refractivity contribution is -0.175. The highest BCUT2D eigenvalue weighted by atomic mass is 32.2.